The quantitative estimate of drug-likeness (QED) is 0.483. The molecule has 11 heteroatoms. The number of aryl methyl sites for hydroxylation is 1. The number of primary amides is 1. The molecular weight excluding hydrogens is 398 g/mol. The number of non-ortho nitro benzene ring substituents is 1. The standard InChI is InChI=1S/C18H15N5O5S/c19-18(24)16-14-8-2-10-1-3-12(23(25)26)9-15(10)17(14)22(21-16)11-4-6-13(7-5-11)29(20,27)28/h1,3-7,9H,2,8H2,(H2,19,24)(H2,20,27,28). The Morgan fingerprint density at radius 3 is 2.41 bits per heavy atom. The van der Waals surface area contributed by atoms with Crippen molar-refractivity contribution in [2.75, 3.05) is 0 Å². The van der Waals surface area contributed by atoms with E-state index in [1.165, 1.54) is 41.1 Å². The number of carbonyl (C=O) groups is 1. The highest BCUT2D eigenvalue weighted by Crippen LogP contribution is 2.38. The second kappa shape index (κ2) is 6.50. The van der Waals surface area contributed by atoms with E-state index < -0.39 is 20.9 Å². The highest BCUT2D eigenvalue weighted by Gasteiger charge is 2.29. The molecule has 0 radical (unpaired) electrons. The number of amides is 1. The molecule has 0 fully saturated rings. The molecule has 148 valence electrons. The number of sulfonamides is 1. The average molecular weight is 413 g/mol. The number of nitro benzene ring substituents is 1. The van der Waals surface area contributed by atoms with E-state index in [-0.39, 0.29) is 16.3 Å². The van der Waals surface area contributed by atoms with Crippen molar-refractivity contribution in [3.63, 3.8) is 0 Å². The van der Waals surface area contributed by atoms with Crippen LogP contribution in [0.25, 0.3) is 16.9 Å². The molecule has 0 aliphatic heterocycles. The number of hydrogen-bond donors (Lipinski definition) is 2. The molecule has 0 saturated heterocycles. The molecule has 4 N–H and O–H groups in total. The molecule has 4 rings (SSSR count). The second-order valence-electron chi connectivity index (χ2n) is 6.59. The van der Waals surface area contributed by atoms with Gasteiger partial charge in [-0.1, -0.05) is 6.07 Å². The maximum atomic E-state index is 11.9. The highest BCUT2D eigenvalue weighted by atomic mass is 32.2. The molecule has 1 aliphatic rings. The number of aromatic nitrogens is 2. The topological polar surface area (TPSA) is 164 Å². The van der Waals surface area contributed by atoms with Crippen LogP contribution >= 0.6 is 0 Å². The normalized spacial score (nSPS) is 12.9. The molecule has 0 spiro atoms. The van der Waals surface area contributed by atoms with Crippen LogP contribution in [0, 0.1) is 10.1 Å². The number of rotatable bonds is 4. The van der Waals surface area contributed by atoms with Crippen LogP contribution in [0.15, 0.2) is 47.4 Å². The van der Waals surface area contributed by atoms with Crippen molar-refractivity contribution in [1.82, 2.24) is 9.78 Å². The third kappa shape index (κ3) is 3.15. The van der Waals surface area contributed by atoms with Gasteiger partial charge in [0.2, 0.25) is 10.0 Å². The Morgan fingerprint density at radius 1 is 1.14 bits per heavy atom. The SMILES string of the molecule is NC(=O)c1nn(-c2ccc(S(N)(=O)=O)cc2)c2c1CCc1ccc([N+](=O)[O-])cc1-2. The van der Waals surface area contributed by atoms with Crippen molar-refractivity contribution in [1.29, 1.82) is 0 Å². The Kier molecular flexibility index (Phi) is 4.21. The van der Waals surface area contributed by atoms with Crippen LogP contribution in [0.3, 0.4) is 0 Å². The maximum Gasteiger partial charge on any atom is 0.270 e. The monoisotopic (exact) mass is 413 g/mol. The number of benzene rings is 2. The molecule has 1 amide bonds. The molecule has 0 saturated carbocycles. The fraction of sp³-hybridized carbons (Fsp3) is 0.111. The smallest absolute Gasteiger partial charge is 0.270 e. The molecular formula is C18H15N5O5S. The lowest BCUT2D eigenvalue weighted by molar-refractivity contribution is -0.384. The Hall–Kier alpha value is -3.57. The first-order valence-electron chi connectivity index (χ1n) is 8.49. The molecule has 0 atom stereocenters. The van der Waals surface area contributed by atoms with E-state index in [2.05, 4.69) is 5.10 Å². The average Bonchev–Trinajstić information content (AvgIpc) is 3.07. The first kappa shape index (κ1) is 18.8. The van der Waals surface area contributed by atoms with Crippen LogP contribution < -0.4 is 10.9 Å². The first-order valence-corrected chi connectivity index (χ1v) is 10.0. The Labute approximate surface area is 164 Å². The van der Waals surface area contributed by atoms with Gasteiger partial charge in [-0.3, -0.25) is 14.9 Å². The molecule has 3 aromatic rings. The minimum atomic E-state index is -3.87. The molecule has 29 heavy (non-hydrogen) atoms. The molecule has 0 bridgehead atoms. The predicted molar refractivity (Wildman–Crippen MR) is 103 cm³/mol. The van der Waals surface area contributed by atoms with E-state index in [0.717, 1.165) is 5.56 Å². The third-order valence-electron chi connectivity index (χ3n) is 4.83. The molecule has 1 heterocycles. The fourth-order valence-electron chi connectivity index (χ4n) is 3.50. The third-order valence-corrected chi connectivity index (χ3v) is 5.76. The highest BCUT2D eigenvalue weighted by molar-refractivity contribution is 7.89. The summed E-state index contributed by atoms with van der Waals surface area (Å²) in [6.45, 7) is 0. The molecule has 0 unspecified atom stereocenters. The maximum absolute atomic E-state index is 11.9. The number of nitrogens with zero attached hydrogens (tertiary/aromatic N) is 3. The van der Waals surface area contributed by atoms with E-state index in [1.54, 1.807) is 6.07 Å². The lowest BCUT2D eigenvalue weighted by atomic mass is 9.88. The van der Waals surface area contributed by atoms with Crippen LogP contribution in [0.4, 0.5) is 5.69 Å². The van der Waals surface area contributed by atoms with Gasteiger partial charge in [0.05, 0.1) is 21.2 Å². The van der Waals surface area contributed by atoms with Gasteiger partial charge in [0.25, 0.3) is 11.6 Å². The van der Waals surface area contributed by atoms with E-state index in [0.29, 0.717) is 35.3 Å². The van der Waals surface area contributed by atoms with Gasteiger partial charge >= 0.3 is 0 Å². The lowest BCUT2D eigenvalue weighted by Gasteiger charge is -2.18. The number of nitrogens with two attached hydrogens (primary N) is 2. The molecule has 1 aliphatic carbocycles. The van der Waals surface area contributed by atoms with Crippen LogP contribution in [0.2, 0.25) is 0 Å². The number of hydrogen-bond acceptors (Lipinski definition) is 6. The van der Waals surface area contributed by atoms with Crippen molar-refractivity contribution >= 4 is 21.6 Å². The van der Waals surface area contributed by atoms with Gasteiger partial charge in [0.1, 0.15) is 0 Å². The molecule has 1 aromatic heterocycles. The summed E-state index contributed by atoms with van der Waals surface area (Å²) in [6.07, 6.45) is 1.07. The van der Waals surface area contributed by atoms with Crippen molar-refractivity contribution < 1.29 is 18.1 Å². The molecule has 10 nitrogen and oxygen atoms in total. The van der Waals surface area contributed by atoms with Gasteiger partial charge < -0.3 is 5.73 Å². The van der Waals surface area contributed by atoms with Crippen molar-refractivity contribution in [3.05, 3.63) is 69.4 Å². The van der Waals surface area contributed by atoms with Crippen molar-refractivity contribution in [2.45, 2.75) is 17.7 Å². The zero-order valence-electron chi connectivity index (χ0n) is 14.9. The Bertz CT molecular complexity index is 1280. The van der Waals surface area contributed by atoms with Crippen LogP contribution in [-0.2, 0) is 22.9 Å². The first-order chi connectivity index (χ1) is 13.7. The Morgan fingerprint density at radius 2 is 1.83 bits per heavy atom. The van der Waals surface area contributed by atoms with E-state index in [1.807, 2.05) is 0 Å². The summed E-state index contributed by atoms with van der Waals surface area (Å²) in [5.74, 6) is -0.713. The van der Waals surface area contributed by atoms with Gasteiger partial charge in [0, 0.05) is 23.3 Å². The largest absolute Gasteiger partial charge is 0.364 e. The van der Waals surface area contributed by atoms with E-state index in [9.17, 15) is 23.3 Å². The summed E-state index contributed by atoms with van der Waals surface area (Å²) < 4.78 is 24.5. The van der Waals surface area contributed by atoms with Gasteiger partial charge in [0.15, 0.2) is 5.69 Å². The van der Waals surface area contributed by atoms with E-state index in [4.69, 9.17) is 10.9 Å². The molecule has 2 aromatic carbocycles. The van der Waals surface area contributed by atoms with Gasteiger partial charge in [-0.05, 0) is 42.7 Å². The lowest BCUT2D eigenvalue weighted by Crippen LogP contribution is -2.15. The fourth-order valence-corrected chi connectivity index (χ4v) is 4.02. The summed E-state index contributed by atoms with van der Waals surface area (Å²) >= 11 is 0. The van der Waals surface area contributed by atoms with Crippen molar-refractivity contribution in [2.24, 2.45) is 10.9 Å². The van der Waals surface area contributed by atoms with Crippen LogP contribution in [-0.4, -0.2) is 29.0 Å². The summed E-state index contributed by atoms with van der Waals surface area (Å²) in [4.78, 5) is 22.6. The number of fused-ring (bicyclic) bond motifs is 3. The number of nitro groups is 1. The number of carbonyl (C=O) groups excluding carboxylic acids is 1. The Balaban J connectivity index is 1.97. The van der Waals surface area contributed by atoms with Crippen molar-refractivity contribution in [3.8, 4) is 16.9 Å². The van der Waals surface area contributed by atoms with Gasteiger partial charge in [-0.25, -0.2) is 18.2 Å². The zero-order chi connectivity index (χ0) is 20.9. The van der Waals surface area contributed by atoms with E-state index >= 15 is 0 Å². The summed E-state index contributed by atoms with van der Waals surface area (Å²) in [5.41, 5.74) is 8.51. The van der Waals surface area contributed by atoms with Gasteiger partial charge in [-0.2, -0.15) is 5.10 Å². The zero-order valence-corrected chi connectivity index (χ0v) is 15.7. The summed E-state index contributed by atoms with van der Waals surface area (Å²) in [6, 6.07) is 10.2. The van der Waals surface area contributed by atoms with Gasteiger partial charge in [-0.15, -0.1) is 0 Å². The second-order valence-corrected chi connectivity index (χ2v) is 8.15. The van der Waals surface area contributed by atoms with Crippen LogP contribution in [0.5, 0.6) is 0 Å². The summed E-state index contributed by atoms with van der Waals surface area (Å²) in [7, 11) is -3.87. The predicted octanol–water partition coefficient (Wildman–Crippen LogP) is 1.29. The minimum Gasteiger partial charge on any atom is -0.364 e. The minimum absolute atomic E-state index is 0.0755. The summed E-state index contributed by atoms with van der Waals surface area (Å²) in [5, 5.41) is 20.7. The van der Waals surface area contributed by atoms with Crippen LogP contribution in [0.1, 0.15) is 21.6 Å². The number of primary sulfonamides is 1.